The van der Waals surface area contributed by atoms with Crippen LogP contribution in [0.3, 0.4) is 0 Å². The number of nitrogens with two attached hydrogens (primary N) is 1. The second-order valence-corrected chi connectivity index (χ2v) is 7.36. The zero-order valence-electron chi connectivity index (χ0n) is 21.9. The van der Waals surface area contributed by atoms with E-state index in [0.717, 1.165) is 5.69 Å². The molecular weight excluding hydrogens is 444 g/mol. The van der Waals surface area contributed by atoms with Crippen molar-refractivity contribution in [1.82, 2.24) is 10.2 Å². The van der Waals surface area contributed by atoms with E-state index < -0.39 is 0 Å². The fourth-order valence-corrected chi connectivity index (χ4v) is 2.28. The SMILES string of the molecule is C=CSC(=C)C(=O)N(C)CC.CC.CNCC(N)=O.CNc1ccccc1.Cc1ccccc1. The van der Waals surface area contributed by atoms with Gasteiger partial charge in [0.1, 0.15) is 0 Å². The highest BCUT2D eigenvalue weighted by atomic mass is 32.2. The molecule has 0 saturated carbocycles. The molecule has 0 spiro atoms. The molecule has 6 nitrogen and oxygen atoms in total. The fourth-order valence-electron chi connectivity index (χ4n) is 1.82. The van der Waals surface area contributed by atoms with Crippen LogP contribution < -0.4 is 16.4 Å². The van der Waals surface area contributed by atoms with Gasteiger partial charge in [-0.15, -0.1) is 0 Å². The second-order valence-electron chi connectivity index (χ2n) is 6.29. The van der Waals surface area contributed by atoms with Crippen LogP contribution >= 0.6 is 11.8 Å². The summed E-state index contributed by atoms with van der Waals surface area (Å²) in [5, 5.41) is 7.22. The highest BCUT2D eigenvalue weighted by molar-refractivity contribution is 8.06. The minimum absolute atomic E-state index is 0.0302. The van der Waals surface area contributed by atoms with Gasteiger partial charge in [0.05, 0.1) is 11.4 Å². The molecule has 0 atom stereocenters. The van der Waals surface area contributed by atoms with E-state index in [9.17, 15) is 9.59 Å². The monoisotopic (exact) mass is 488 g/mol. The average Bonchev–Trinajstić information content (AvgIpc) is 2.86. The molecule has 0 heterocycles. The molecule has 2 aromatic rings. The van der Waals surface area contributed by atoms with Crippen LogP contribution in [0.1, 0.15) is 26.3 Å². The van der Waals surface area contributed by atoms with Gasteiger partial charge in [-0.25, -0.2) is 0 Å². The van der Waals surface area contributed by atoms with Crippen molar-refractivity contribution in [2.45, 2.75) is 27.7 Å². The first kappa shape index (κ1) is 35.6. The quantitative estimate of drug-likeness (QED) is 0.461. The maximum absolute atomic E-state index is 11.2. The number of rotatable bonds is 7. The first-order chi connectivity index (χ1) is 16.2. The van der Waals surface area contributed by atoms with Crippen molar-refractivity contribution in [3.8, 4) is 0 Å². The molecule has 0 radical (unpaired) electrons. The van der Waals surface area contributed by atoms with Crippen LogP contribution in [0.2, 0.25) is 0 Å². The molecule has 0 aliphatic carbocycles. The van der Waals surface area contributed by atoms with Gasteiger partial charge in [-0.1, -0.05) is 92.9 Å². The molecule has 4 N–H and O–H groups in total. The van der Waals surface area contributed by atoms with Crippen LogP contribution in [-0.2, 0) is 9.59 Å². The summed E-state index contributed by atoms with van der Waals surface area (Å²) < 4.78 is 0. The second kappa shape index (κ2) is 26.2. The lowest BCUT2D eigenvalue weighted by atomic mass is 10.2. The normalized spacial score (nSPS) is 8.32. The third kappa shape index (κ3) is 23.6. The number of carbonyl (C=O) groups excluding carboxylic acids is 2. The van der Waals surface area contributed by atoms with Crippen molar-refractivity contribution < 1.29 is 9.59 Å². The number of anilines is 1. The third-order valence-electron chi connectivity index (χ3n) is 3.64. The van der Waals surface area contributed by atoms with Gasteiger partial charge in [-0.05, 0) is 38.4 Å². The fraction of sp³-hybridized carbons (Fsp3) is 0.333. The number of hydrogen-bond acceptors (Lipinski definition) is 5. The van der Waals surface area contributed by atoms with Gasteiger partial charge >= 0.3 is 0 Å². The topological polar surface area (TPSA) is 87.5 Å². The van der Waals surface area contributed by atoms with E-state index in [0.29, 0.717) is 11.4 Å². The Kier molecular flexibility index (Phi) is 27.4. The Bertz CT molecular complexity index is 769. The Morgan fingerprint density at radius 3 is 1.74 bits per heavy atom. The molecule has 190 valence electrons. The molecule has 2 amide bonds. The number of para-hydroxylation sites is 1. The Hall–Kier alpha value is -3.03. The first-order valence-corrected chi connectivity index (χ1v) is 12.0. The first-order valence-electron chi connectivity index (χ1n) is 11.1. The van der Waals surface area contributed by atoms with Gasteiger partial charge in [0, 0.05) is 26.3 Å². The molecule has 34 heavy (non-hydrogen) atoms. The molecule has 0 fully saturated rings. The van der Waals surface area contributed by atoms with Gasteiger partial charge in [-0.2, -0.15) is 0 Å². The van der Waals surface area contributed by atoms with E-state index in [1.165, 1.54) is 17.3 Å². The predicted octanol–water partition coefficient (Wildman–Crippen LogP) is 5.30. The Morgan fingerprint density at radius 2 is 1.50 bits per heavy atom. The molecule has 0 aliphatic heterocycles. The molecular formula is C27H44N4O2S. The Morgan fingerprint density at radius 1 is 1.03 bits per heavy atom. The number of carbonyl (C=O) groups is 2. The minimum atomic E-state index is -0.322. The number of aryl methyl sites for hydroxylation is 1. The van der Waals surface area contributed by atoms with E-state index in [4.69, 9.17) is 5.73 Å². The number of hydrogen-bond donors (Lipinski definition) is 3. The van der Waals surface area contributed by atoms with Crippen molar-refractivity contribution in [2.75, 3.05) is 39.5 Å². The molecule has 0 aliphatic rings. The number of nitrogens with one attached hydrogen (secondary N) is 2. The van der Waals surface area contributed by atoms with Gasteiger partial charge < -0.3 is 21.3 Å². The zero-order chi connectivity index (χ0) is 26.8. The van der Waals surface area contributed by atoms with Crippen LogP contribution in [-0.4, -0.2) is 50.9 Å². The van der Waals surface area contributed by atoms with Gasteiger partial charge in [-0.3, -0.25) is 9.59 Å². The van der Waals surface area contributed by atoms with Crippen molar-refractivity contribution in [3.05, 3.63) is 89.7 Å². The number of thioether (sulfide) groups is 1. The number of benzene rings is 2. The van der Waals surface area contributed by atoms with Crippen molar-refractivity contribution in [3.63, 3.8) is 0 Å². The standard InChI is InChI=1S/C8H13NOS.C7H9N.C7H8.C3H8N2O.C2H6/c1-5-9(4)8(10)7(3)11-6-2;1-8-7-5-3-2-4-6-7;1-7-5-3-2-4-6-7;1-5-2-3(4)6;1-2/h6H,2-3,5H2,1,4H3;2-6,8H,1H3;2-6H,1H3;5H,2H2,1H3,(H2,4,6);1-2H3. The van der Waals surface area contributed by atoms with Crippen LogP contribution in [0.15, 0.2) is 84.1 Å². The van der Waals surface area contributed by atoms with E-state index in [1.807, 2.05) is 76.3 Å². The Labute approximate surface area is 211 Å². The summed E-state index contributed by atoms with van der Waals surface area (Å²) in [6.07, 6.45) is 0. The lowest BCUT2D eigenvalue weighted by Gasteiger charge is -2.14. The summed E-state index contributed by atoms with van der Waals surface area (Å²) in [5.41, 5.74) is 7.18. The molecule has 0 bridgehead atoms. The minimum Gasteiger partial charge on any atom is -0.388 e. The number of likely N-dealkylation sites (N-methyl/N-ethyl adjacent to an activating group) is 2. The summed E-state index contributed by atoms with van der Waals surface area (Å²) in [7, 11) is 5.33. The molecule has 0 saturated heterocycles. The van der Waals surface area contributed by atoms with Crippen molar-refractivity contribution in [1.29, 1.82) is 0 Å². The lowest BCUT2D eigenvalue weighted by Crippen LogP contribution is -2.26. The molecule has 0 aromatic heterocycles. The van der Waals surface area contributed by atoms with E-state index in [2.05, 4.69) is 42.8 Å². The molecule has 2 aromatic carbocycles. The van der Waals surface area contributed by atoms with Gasteiger partial charge in [0.15, 0.2) is 0 Å². The number of nitrogens with zero attached hydrogens (tertiary/aromatic N) is 1. The summed E-state index contributed by atoms with van der Waals surface area (Å²) in [4.78, 5) is 23.1. The summed E-state index contributed by atoms with van der Waals surface area (Å²) in [5.74, 6) is -0.352. The summed E-state index contributed by atoms with van der Waals surface area (Å²) in [6, 6.07) is 20.3. The average molecular weight is 489 g/mol. The smallest absolute Gasteiger partial charge is 0.259 e. The largest absolute Gasteiger partial charge is 0.388 e. The third-order valence-corrected chi connectivity index (χ3v) is 4.26. The summed E-state index contributed by atoms with van der Waals surface area (Å²) >= 11 is 1.26. The van der Waals surface area contributed by atoms with Gasteiger partial charge in [0.25, 0.3) is 5.91 Å². The lowest BCUT2D eigenvalue weighted by molar-refractivity contribution is -0.124. The van der Waals surface area contributed by atoms with E-state index >= 15 is 0 Å². The molecule has 2 rings (SSSR count). The molecule has 7 heteroatoms. The van der Waals surface area contributed by atoms with Crippen molar-refractivity contribution in [2.24, 2.45) is 5.73 Å². The van der Waals surface area contributed by atoms with Crippen LogP contribution in [0.4, 0.5) is 5.69 Å². The maximum atomic E-state index is 11.2. The maximum Gasteiger partial charge on any atom is 0.259 e. The van der Waals surface area contributed by atoms with Crippen LogP contribution in [0.5, 0.6) is 0 Å². The Balaban J connectivity index is -0.000000376. The number of primary amides is 1. The summed E-state index contributed by atoms with van der Waals surface area (Å²) in [6.45, 7) is 16.1. The number of amides is 2. The van der Waals surface area contributed by atoms with E-state index in [1.54, 1.807) is 24.4 Å². The van der Waals surface area contributed by atoms with Crippen LogP contribution in [0, 0.1) is 6.92 Å². The highest BCUT2D eigenvalue weighted by Gasteiger charge is 2.09. The molecule has 0 unspecified atom stereocenters. The van der Waals surface area contributed by atoms with Crippen LogP contribution in [0.25, 0.3) is 0 Å². The zero-order valence-corrected chi connectivity index (χ0v) is 22.7. The van der Waals surface area contributed by atoms with E-state index in [-0.39, 0.29) is 18.4 Å². The predicted molar refractivity (Wildman–Crippen MR) is 152 cm³/mol. The highest BCUT2D eigenvalue weighted by Crippen LogP contribution is 2.15. The van der Waals surface area contributed by atoms with Crippen molar-refractivity contribution >= 4 is 29.3 Å². The van der Waals surface area contributed by atoms with Gasteiger partial charge in [0.2, 0.25) is 5.91 Å².